The van der Waals surface area contributed by atoms with E-state index in [9.17, 15) is 23.5 Å². The minimum atomic E-state index is -1.14. The highest BCUT2D eigenvalue weighted by Crippen LogP contribution is 2.43. The molecule has 0 fully saturated rings. The van der Waals surface area contributed by atoms with Crippen LogP contribution in [0.1, 0.15) is 32.0 Å². The number of aliphatic hydroxyl groups excluding tert-OH is 1. The lowest BCUT2D eigenvalue weighted by Crippen LogP contribution is -2.31. The van der Waals surface area contributed by atoms with E-state index in [1.54, 1.807) is 26.0 Å². The summed E-state index contributed by atoms with van der Waals surface area (Å²) in [5.74, 6) is -4.34. The van der Waals surface area contributed by atoms with Gasteiger partial charge >= 0.3 is 0 Å². The minimum absolute atomic E-state index is 0.0205. The first-order chi connectivity index (χ1) is 15.6. The number of nitrogens with zero attached hydrogens (tertiary/aromatic N) is 3. The third-order valence-corrected chi connectivity index (χ3v) is 6.54. The summed E-state index contributed by atoms with van der Waals surface area (Å²) in [7, 11) is 3.74. The number of aryl methyl sites for hydroxylation is 2. The van der Waals surface area contributed by atoms with Crippen molar-refractivity contribution in [1.82, 2.24) is 4.98 Å². The fourth-order valence-electron chi connectivity index (χ4n) is 3.87. The van der Waals surface area contributed by atoms with Crippen LogP contribution >= 0.6 is 11.3 Å². The molecule has 4 rings (SSSR count). The number of ketones is 1. The van der Waals surface area contributed by atoms with Crippen molar-refractivity contribution in [2.45, 2.75) is 19.9 Å². The summed E-state index contributed by atoms with van der Waals surface area (Å²) in [5.41, 5.74) is 1.80. The Bertz CT molecular complexity index is 1300. The van der Waals surface area contributed by atoms with Crippen LogP contribution < -0.4 is 9.80 Å². The Balaban J connectivity index is 1.89. The molecule has 0 bridgehead atoms. The highest BCUT2D eigenvalue weighted by atomic mass is 32.1. The SMILES string of the molecule is Cc1nc(C)c(C(=O)C2=C(O)C(=O)N(c3ccc(F)c(F)c3)C2c2ccc(N(C)C)cc2)s1. The fraction of sp³-hybridized carbons (Fsp3) is 0.208. The second-order valence-electron chi connectivity index (χ2n) is 7.90. The molecule has 3 aromatic rings. The summed E-state index contributed by atoms with van der Waals surface area (Å²) in [6, 6.07) is 9.06. The Morgan fingerprint density at radius 3 is 2.30 bits per heavy atom. The second kappa shape index (κ2) is 8.40. The number of halogens is 2. The van der Waals surface area contributed by atoms with E-state index in [1.165, 1.54) is 17.4 Å². The van der Waals surface area contributed by atoms with Crippen molar-refractivity contribution < 1.29 is 23.5 Å². The number of benzene rings is 2. The Morgan fingerprint density at radius 1 is 1.09 bits per heavy atom. The molecule has 6 nitrogen and oxygen atoms in total. The maximum absolute atomic E-state index is 14.0. The molecule has 1 aliphatic rings. The van der Waals surface area contributed by atoms with Crippen molar-refractivity contribution >= 4 is 34.4 Å². The molecule has 2 heterocycles. The summed E-state index contributed by atoms with van der Waals surface area (Å²) in [5, 5.41) is 11.5. The molecule has 1 N–H and O–H groups in total. The second-order valence-corrected chi connectivity index (χ2v) is 9.10. The first-order valence-electron chi connectivity index (χ1n) is 10.1. The van der Waals surface area contributed by atoms with Gasteiger partial charge in [-0.05, 0) is 43.7 Å². The molecule has 9 heteroatoms. The van der Waals surface area contributed by atoms with Crippen LogP contribution in [0.25, 0.3) is 0 Å². The number of anilines is 2. The Labute approximate surface area is 193 Å². The van der Waals surface area contributed by atoms with Gasteiger partial charge in [-0.1, -0.05) is 12.1 Å². The largest absolute Gasteiger partial charge is 0.503 e. The van der Waals surface area contributed by atoms with E-state index in [4.69, 9.17) is 0 Å². The van der Waals surface area contributed by atoms with E-state index in [2.05, 4.69) is 4.98 Å². The highest BCUT2D eigenvalue weighted by Gasteiger charge is 2.45. The summed E-state index contributed by atoms with van der Waals surface area (Å²) < 4.78 is 27.6. The topological polar surface area (TPSA) is 73.7 Å². The van der Waals surface area contributed by atoms with Crippen molar-refractivity contribution in [3.63, 3.8) is 0 Å². The van der Waals surface area contributed by atoms with Crippen LogP contribution in [0.3, 0.4) is 0 Å². The van der Waals surface area contributed by atoms with Crippen LogP contribution in [-0.2, 0) is 4.79 Å². The molecular weight excluding hydrogens is 448 g/mol. The van der Waals surface area contributed by atoms with Crippen LogP contribution in [0.4, 0.5) is 20.2 Å². The van der Waals surface area contributed by atoms with Gasteiger partial charge in [0.05, 0.1) is 27.2 Å². The number of carbonyl (C=O) groups is 2. The fourth-order valence-corrected chi connectivity index (χ4v) is 4.75. The van der Waals surface area contributed by atoms with Gasteiger partial charge in [0.15, 0.2) is 17.4 Å². The van der Waals surface area contributed by atoms with Gasteiger partial charge in [0.2, 0.25) is 5.78 Å². The molecule has 0 saturated heterocycles. The number of amides is 1. The lowest BCUT2D eigenvalue weighted by atomic mass is 9.94. The van der Waals surface area contributed by atoms with Crippen molar-refractivity contribution in [1.29, 1.82) is 0 Å². The molecule has 1 aliphatic heterocycles. The van der Waals surface area contributed by atoms with Crippen molar-refractivity contribution in [2.75, 3.05) is 23.9 Å². The standard InChI is InChI=1S/C24H21F2N3O3S/c1-12-23(33-13(2)27-12)21(30)19-20(14-5-7-15(8-6-14)28(3)4)29(24(32)22(19)31)16-9-10-17(25)18(26)11-16/h5-11,20,31H,1-4H3. The van der Waals surface area contributed by atoms with E-state index in [-0.39, 0.29) is 11.3 Å². The first-order valence-corrected chi connectivity index (χ1v) is 10.9. The molecule has 1 aromatic heterocycles. The summed E-state index contributed by atoms with van der Waals surface area (Å²) >= 11 is 1.17. The van der Waals surface area contributed by atoms with Gasteiger partial charge in [0.25, 0.3) is 5.91 Å². The molecule has 1 amide bonds. The zero-order valence-corrected chi connectivity index (χ0v) is 19.2. The minimum Gasteiger partial charge on any atom is -0.503 e. The van der Waals surface area contributed by atoms with Crippen molar-refractivity contribution in [3.8, 4) is 0 Å². The molecule has 0 aliphatic carbocycles. The van der Waals surface area contributed by atoms with E-state index in [0.717, 1.165) is 22.7 Å². The maximum Gasteiger partial charge on any atom is 0.294 e. The van der Waals surface area contributed by atoms with E-state index < -0.39 is 35.1 Å². The molecular formula is C24H21F2N3O3S. The van der Waals surface area contributed by atoms with Crippen molar-refractivity contribution in [2.24, 2.45) is 0 Å². The summed E-state index contributed by atoms with van der Waals surface area (Å²) in [6.45, 7) is 3.44. The average Bonchev–Trinajstić information content (AvgIpc) is 3.25. The molecule has 2 aromatic carbocycles. The number of rotatable bonds is 5. The lowest BCUT2D eigenvalue weighted by Gasteiger charge is -2.27. The number of Topliss-reactive ketones (excluding diaryl/α,β-unsaturated/α-hetero) is 1. The predicted octanol–water partition coefficient (Wildman–Crippen LogP) is 4.89. The number of thiazole rings is 1. The lowest BCUT2D eigenvalue weighted by molar-refractivity contribution is -0.117. The number of hydrogen-bond acceptors (Lipinski definition) is 6. The van der Waals surface area contributed by atoms with Crippen LogP contribution in [0.5, 0.6) is 0 Å². The van der Waals surface area contributed by atoms with Gasteiger partial charge in [0, 0.05) is 31.5 Å². The molecule has 33 heavy (non-hydrogen) atoms. The van der Waals surface area contributed by atoms with E-state index >= 15 is 0 Å². The van der Waals surface area contributed by atoms with Gasteiger partial charge in [-0.2, -0.15) is 0 Å². The van der Waals surface area contributed by atoms with Gasteiger partial charge in [-0.3, -0.25) is 14.5 Å². The maximum atomic E-state index is 14.0. The summed E-state index contributed by atoms with van der Waals surface area (Å²) in [4.78, 5) is 34.2. The smallest absolute Gasteiger partial charge is 0.294 e. The van der Waals surface area contributed by atoms with Gasteiger partial charge in [-0.15, -0.1) is 11.3 Å². The van der Waals surface area contributed by atoms with E-state index in [0.29, 0.717) is 21.1 Å². The third-order valence-electron chi connectivity index (χ3n) is 5.47. The Hall–Kier alpha value is -3.59. The third kappa shape index (κ3) is 3.89. The Morgan fingerprint density at radius 2 is 1.76 bits per heavy atom. The summed E-state index contributed by atoms with van der Waals surface area (Å²) in [6.07, 6.45) is 0. The zero-order valence-electron chi connectivity index (χ0n) is 18.4. The number of aliphatic hydroxyl groups is 1. The average molecular weight is 470 g/mol. The highest BCUT2D eigenvalue weighted by molar-refractivity contribution is 7.14. The van der Waals surface area contributed by atoms with Gasteiger partial charge < -0.3 is 10.0 Å². The van der Waals surface area contributed by atoms with Gasteiger partial charge in [0.1, 0.15) is 0 Å². The van der Waals surface area contributed by atoms with Gasteiger partial charge in [-0.25, -0.2) is 13.8 Å². The molecule has 1 unspecified atom stereocenters. The number of aromatic nitrogens is 1. The molecule has 1 atom stereocenters. The number of hydrogen-bond donors (Lipinski definition) is 1. The van der Waals surface area contributed by atoms with Crippen molar-refractivity contribution in [3.05, 3.63) is 86.6 Å². The van der Waals surface area contributed by atoms with E-state index in [1.807, 2.05) is 31.1 Å². The van der Waals surface area contributed by atoms with Crippen LogP contribution in [0.2, 0.25) is 0 Å². The molecule has 0 spiro atoms. The molecule has 0 saturated carbocycles. The quantitative estimate of drug-likeness (QED) is 0.539. The Kier molecular flexibility index (Phi) is 5.75. The predicted molar refractivity (Wildman–Crippen MR) is 123 cm³/mol. The normalized spacial score (nSPS) is 16.0. The molecule has 0 radical (unpaired) electrons. The molecule has 170 valence electrons. The number of carbonyl (C=O) groups excluding carboxylic acids is 2. The monoisotopic (exact) mass is 469 g/mol. The first kappa shape index (κ1) is 22.6. The van der Waals surface area contributed by atoms with Crippen LogP contribution in [-0.4, -0.2) is 35.9 Å². The zero-order chi connectivity index (χ0) is 24.0. The van der Waals surface area contributed by atoms with Crippen LogP contribution in [0, 0.1) is 25.5 Å². The van der Waals surface area contributed by atoms with Crippen LogP contribution in [0.15, 0.2) is 53.8 Å².